The third kappa shape index (κ3) is 16.2. The van der Waals surface area contributed by atoms with Gasteiger partial charge in [0.2, 0.25) is 0 Å². The van der Waals surface area contributed by atoms with E-state index < -0.39 is 875 Å². The molecule has 0 fully saturated rings. The highest BCUT2D eigenvalue weighted by molar-refractivity contribution is 6.27. The zero-order valence-corrected chi connectivity index (χ0v) is 75.0. The second-order valence-corrected chi connectivity index (χ2v) is 32.2. The summed E-state index contributed by atoms with van der Waals surface area (Å²) in [6.45, 7) is 0. The average molecular weight is 2000 g/mol. The molecule has 30 aromatic carbocycles. The zero-order chi connectivity index (χ0) is 183. The molecule has 0 unspecified atom stereocenters. The van der Waals surface area contributed by atoms with Crippen LogP contribution in [-0.4, -0.2) is 0 Å². The summed E-state index contributed by atoms with van der Waals surface area (Å²) in [6, 6.07) is -97.7. The topological polar surface area (TPSA) is 0 Å². The monoisotopic (exact) mass is 1990 g/mol. The predicted octanol–water partition coefficient (Wildman–Crippen LogP) is 42.4. The van der Waals surface area contributed by atoms with Crippen molar-refractivity contribution in [2.75, 3.05) is 0 Å². The van der Waals surface area contributed by atoms with Crippen LogP contribution >= 0.6 is 0 Å². The highest BCUT2D eigenvalue weighted by atomic mass is 14.3. The maximum absolute atomic E-state index is 10.3. The molecule has 0 aliphatic rings. The first-order chi connectivity index (χ1) is 114. The van der Waals surface area contributed by atoms with Gasteiger partial charge < -0.3 is 0 Å². The third-order valence-electron chi connectivity index (χ3n) is 23.7. The molecule has 0 atom stereocenters. The van der Waals surface area contributed by atoms with Gasteiger partial charge in [0.25, 0.3) is 0 Å². The fourth-order valence-corrected chi connectivity index (χ4v) is 17.1. The van der Waals surface area contributed by atoms with Crippen LogP contribution in [0.2, 0.25) is 0 Å². The highest BCUT2D eigenvalue weighted by Gasteiger charge is 2.25. The summed E-state index contributed by atoms with van der Waals surface area (Å²) in [5.41, 5.74) is -22.5. The van der Waals surface area contributed by atoms with Crippen LogP contribution in [0.1, 0.15) is 132 Å². The van der Waals surface area contributed by atoms with Crippen molar-refractivity contribution in [2.45, 2.75) is 0 Å². The lowest BCUT2D eigenvalue weighted by Crippen LogP contribution is -1.92. The molecule has 0 bridgehead atoms. The molecule has 0 spiro atoms. The number of hydrogen-bond donors (Lipinski definition) is 0. The summed E-state index contributed by atoms with van der Waals surface area (Å²) in [6.07, 6.45) is 0. The average Bonchev–Trinajstić information content (AvgIpc) is 0.679. The van der Waals surface area contributed by atoms with Crippen LogP contribution in [0.5, 0.6) is 0 Å². The molecule has 0 aliphatic heterocycles. The van der Waals surface area contributed by atoms with Crippen LogP contribution < -0.4 is 0 Å². The third-order valence-corrected chi connectivity index (χ3v) is 23.7. The first-order valence-electron chi connectivity index (χ1n) is 92.2. The molecule has 0 N–H and O–H groups in total. The molecular formula is C150H96. The number of hydrogen-bond acceptors (Lipinski definition) is 0. The fraction of sp³-hybridized carbons (Fsp3) is 0. The van der Waals surface area contributed by atoms with Gasteiger partial charge in [0, 0.05) is 0 Å². The number of fused-ring (bicyclic) bond motifs is 15. The Labute approximate surface area is 1010 Å². The van der Waals surface area contributed by atoms with E-state index >= 15 is 0 Å². The van der Waals surface area contributed by atoms with Gasteiger partial charge in [-0.25, -0.2) is 0 Å². The first-order valence-corrected chi connectivity index (χ1v) is 44.2. The van der Waals surface area contributed by atoms with Crippen molar-refractivity contribution >= 4 is 162 Å². The number of rotatable bonds is 12. The molecule has 0 radical (unpaired) electrons. The molecule has 30 rings (SSSR count). The Morgan fingerprint density at radius 3 is 0.500 bits per heavy atom. The van der Waals surface area contributed by atoms with E-state index in [2.05, 4.69) is 0 Å². The Morgan fingerprint density at radius 2 is 0.233 bits per heavy atom. The minimum Gasteiger partial charge on any atom is -0.0616 e. The highest BCUT2D eigenvalue weighted by Crippen LogP contribution is 2.52. The van der Waals surface area contributed by atoms with Gasteiger partial charge in [0.05, 0.1) is 132 Å². The van der Waals surface area contributed by atoms with Crippen molar-refractivity contribution in [2.24, 2.45) is 0 Å². The van der Waals surface area contributed by atoms with Crippen LogP contribution in [0, 0.1) is 0 Å². The normalized spacial score (nSPS) is 20.6. The first kappa shape index (κ1) is 34.1. The van der Waals surface area contributed by atoms with Crippen molar-refractivity contribution in [3.05, 3.63) is 580 Å². The molecule has 0 aliphatic carbocycles. The summed E-state index contributed by atoms with van der Waals surface area (Å²) in [7, 11) is 0. The van der Waals surface area contributed by atoms with Gasteiger partial charge in [-0.2, -0.15) is 0 Å². The SMILES string of the molecule is [2H]c1c([2H])c(-c2c([2H])c([2H])c3c([2H])c([2H])c([2H])c([2H])c3c2[2H])c([2H])c(-c2c3c([2H])c([2H])c([2H])c([2H])c3c(-c3c([2H])c([2H])c4c([2H])c([2H])c([2H])c([2H])c4c3[2H])c3c([2H])c(-c4c([2H])c([2H])c5c([2H])c([2H])c([2H])c([2H])c5c4[2H])c([2H])c([2H])c23)c1[2H].[2H]c1c([2H])c(-c2c([2H])c([2H])c3c([2H])c([2H])c([2H])c([2H])c3c2[2H])c([2H])c(-c2c3c([2H])c([2H])c([2H])c([2H])c3c(-c3c([2H])c([2H])c4c([2H])c([2H])c([2H])c([2H])c4c3[2H])c3c([2H])c([2H])c(-c4c([2H])c([2H])c([2H])c5c([2H])c([2H])c([2H])c([2H])c45)c([2H])c23)c1[2H].[2H]c1c([2H])c(-c2c([2H])c([2H])c3c([2H])c([2H])c([2H])c([2H])c3c2[2H])c([2H])c(-c2c3c([2H])c([2H])c([2H])c([2H])c3c(-c3c([2H])c([2H])c4c([2H])c([2H])c([2H])c([2H])c4c3[2H])c3c([2H])c([2H])c(-c4c([2H])c([2H])c5c([2H])c([2H])c([2H])c([2H])c5c4[2H])c([2H])c23)c1[2H]. The van der Waals surface area contributed by atoms with Crippen LogP contribution in [0.3, 0.4) is 0 Å². The molecule has 0 aromatic heterocycles. The van der Waals surface area contributed by atoms with Crippen molar-refractivity contribution in [3.8, 4) is 134 Å². The molecule has 0 nitrogen and oxygen atoms in total. The Balaban J connectivity index is 0.000000157. The van der Waals surface area contributed by atoms with Crippen LogP contribution in [-0.2, 0) is 0 Å². The molecule has 0 saturated carbocycles. The molecule has 696 valence electrons. The van der Waals surface area contributed by atoms with Crippen LogP contribution in [0.25, 0.3) is 295 Å². The van der Waals surface area contributed by atoms with E-state index in [0.29, 0.717) is 0 Å². The van der Waals surface area contributed by atoms with Gasteiger partial charge in [-0.15, -0.1) is 0 Å². The van der Waals surface area contributed by atoms with Gasteiger partial charge in [0.15, 0.2) is 0 Å². The predicted molar refractivity (Wildman–Crippen MR) is 647 cm³/mol. The van der Waals surface area contributed by atoms with Gasteiger partial charge in [-0.05, 0) is 380 Å². The molecule has 150 heavy (non-hydrogen) atoms. The van der Waals surface area contributed by atoms with E-state index in [4.69, 9.17) is 68.5 Å². The Morgan fingerprint density at radius 1 is 0.0800 bits per heavy atom. The minimum atomic E-state index is -1.21. The standard InChI is InChI=1S/3C50H32/c1-4-13-36-28-40(23-20-33(36)10-1)39-16-9-17-43(31-39)50-46-19-8-7-18-45(46)49(44-25-22-35-12-3-6-15-38(35)30-44)47-27-26-42(32-48(47)50)41-24-21-34-11-2-5-14-37(34)29-41;1-4-13-36-28-40(23-20-33(36)10-1)39-16-9-17-43(31-39)49-45-18-7-8-19-46(45)50(44-25-22-35-12-3-6-15-38(35)30-44)48-32-42(26-27-47(48)49)41-24-21-34-11-2-5-14-37(34)29-41;1-3-14-36-29-39(25-23-33(36)11-1)38-17-9-18-41(31-38)50-46-21-8-7-20-45(46)49(42-26-24-34-12-2-4-15-37(34)30-42)47-28-27-40(32-48(47)50)44-22-10-16-35-13-5-6-19-43(35)44/h3*1-32H/i3*1D,2D,3D,4D,5D,6D,7D,8D,9D,10D,11D,12D,13D,14D,15D,16D,17D,18D,19D,20D,21D,22D,23D,24D,25D,26D,27D,28D,29D,30D,31D,32D. The summed E-state index contributed by atoms with van der Waals surface area (Å²) in [4.78, 5) is 0. The Hall–Kier alpha value is -19.5. The van der Waals surface area contributed by atoms with E-state index in [1.54, 1.807) is 0 Å². The largest absolute Gasteiger partial charge is 0.0636 e. The van der Waals surface area contributed by atoms with E-state index in [1.807, 2.05) is 0 Å². The van der Waals surface area contributed by atoms with Crippen molar-refractivity contribution in [3.63, 3.8) is 0 Å². The quantitative estimate of drug-likeness (QED) is 0.107. The van der Waals surface area contributed by atoms with Crippen LogP contribution in [0.4, 0.5) is 0 Å². The number of benzene rings is 30. The smallest absolute Gasteiger partial charge is 0.0616 e. The fourth-order valence-electron chi connectivity index (χ4n) is 17.1. The zero-order valence-electron chi connectivity index (χ0n) is 171. The van der Waals surface area contributed by atoms with Gasteiger partial charge >= 0.3 is 0 Å². The van der Waals surface area contributed by atoms with E-state index in [9.17, 15) is 63.1 Å². The molecule has 0 amide bonds. The second kappa shape index (κ2) is 37.6. The second-order valence-electron chi connectivity index (χ2n) is 32.2. The van der Waals surface area contributed by atoms with Crippen molar-refractivity contribution in [1.82, 2.24) is 0 Å². The maximum Gasteiger partial charge on any atom is 0.0636 e. The van der Waals surface area contributed by atoms with Gasteiger partial charge in [-0.3, -0.25) is 0 Å². The summed E-state index contributed by atoms with van der Waals surface area (Å²) in [5.74, 6) is 0. The Bertz CT molecular complexity index is 17100. The molecule has 30 aromatic rings. The molecule has 0 heteroatoms. The lowest BCUT2D eigenvalue weighted by molar-refractivity contribution is 1.62. The molecule has 0 saturated heterocycles. The van der Waals surface area contributed by atoms with Crippen molar-refractivity contribution < 1.29 is 132 Å². The van der Waals surface area contributed by atoms with E-state index in [0.717, 1.165) is 0 Å². The summed E-state index contributed by atoms with van der Waals surface area (Å²) >= 11 is 0. The van der Waals surface area contributed by atoms with Gasteiger partial charge in [0.1, 0.15) is 0 Å². The minimum absolute atomic E-state index is 0.617. The van der Waals surface area contributed by atoms with E-state index in [-0.39, 0.29) is 0 Å². The summed E-state index contributed by atoms with van der Waals surface area (Å²) in [5, 5.41) is -23.2. The van der Waals surface area contributed by atoms with Crippen molar-refractivity contribution in [1.29, 1.82) is 0 Å². The van der Waals surface area contributed by atoms with E-state index in [1.165, 1.54) is 0 Å². The lowest BCUT2D eigenvalue weighted by atomic mass is 9.83. The maximum atomic E-state index is 10.3. The van der Waals surface area contributed by atoms with Gasteiger partial charge in [-0.1, -0.05) is 495 Å². The Kier molecular flexibility index (Phi) is 8.53. The van der Waals surface area contributed by atoms with Crippen LogP contribution in [0.15, 0.2) is 580 Å². The molecule has 0 heterocycles. The lowest BCUT2D eigenvalue weighted by Gasteiger charge is -2.20. The summed E-state index contributed by atoms with van der Waals surface area (Å²) < 4.78 is 873. The molecular weight excluding hydrogens is 1800 g/mol.